The standard InChI is InChI=1S/C23H16FN7O/c24-17-12-13-11-14(4-5-15(13)20(17)32)31-22(16-3-1-8-26-21(16)25)28-18-6-7-19(29-23(18)31)30-10-2-9-27-30/h1-11,17H,12H2,(H2,25,26). The third-order valence-electron chi connectivity index (χ3n) is 5.60. The molecule has 156 valence electrons. The fourth-order valence-corrected chi connectivity index (χ4v) is 4.09. The molecule has 2 N–H and O–H groups in total. The summed E-state index contributed by atoms with van der Waals surface area (Å²) >= 11 is 0. The van der Waals surface area contributed by atoms with Crippen molar-refractivity contribution in [3.05, 3.63) is 78.2 Å². The molecule has 0 saturated carbocycles. The van der Waals surface area contributed by atoms with Crippen molar-refractivity contribution in [2.24, 2.45) is 0 Å². The van der Waals surface area contributed by atoms with E-state index in [0.29, 0.717) is 51.0 Å². The average Bonchev–Trinajstić information content (AvgIpc) is 3.52. The molecule has 5 aromatic rings. The summed E-state index contributed by atoms with van der Waals surface area (Å²) in [6, 6.07) is 14.4. The molecule has 1 unspecified atom stereocenters. The van der Waals surface area contributed by atoms with E-state index in [-0.39, 0.29) is 6.42 Å². The van der Waals surface area contributed by atoms with Gasteiger partial charge < -0.3 is 5.73 Å². The highest BCUT2D eigenvalue weighted by Crippen LogP contribution is 2.33. The quantitative estimate of drug-likeness (QED) is 0.475. The van der Waals surface area contributed by atoms with Crippen LogP contribution in [0.3, 0.4) is 0 Å². The maximum Gasteiger partial charge on any atom is 0.197 e. The smallest absolute Gasteiger partial charge is 0.197 e. The summed E-state index contributed by atoms with van der Waals surface area (Å²) < 4.78 is 17.5. The summed E-state index contributed by atoms with van der Waals surface area (Å²) in [6.45, 7) is 0. The second-order valence-electron chi connectivity index (χ2n) is 7.55. The molecule has 9 heteroatoms. The number of benzene rings is 1. The summed E-state index contributed by atoms with van der Waals surface area (Å²) in [5.41, 5.74) is 9.82. The van der Waals surface area contributed by atoms with Crippen molar-refractivity contribution in [3.63, 3.8) is 0 Å². The van der Waals surface area contributed by atoms with Crippen LogP contribution in [0.2, 0.25) is 0 Å². The zero-order chi connectivity index (χ0) is 21.8. The zero-order valence-electron chi connectivity index (χ0n) is 16.7. The molecule has 4 aromatic heterocycles. The van der Waals surface area contributed by atoms with E-state index in [1.54, 1.807) is 41.5 Å². The third kappa shape index (κ3) is 2.71. The lowest BCUT2D eigenvalue weighted by molar-refractivity contribution is 0.0899. The summed E-state index contributed by atoms with van der Waals surface area (Å²) in [7, 11) is 0. The second-order valence-corrected chi connectivity index (χ2v) is 7.55. The molecule has 1 aromatic carbocycles. The number of rotatable bonds is 3. The van der Waals surface area contributed by atoms with Gasteiger partial charge in [-0.25, -0.2) is 24.0 Å². The van der Waals surface area contributed by atoms with Crippen LogP contribution in [0.1, 0.15) is 15.9 Å². The molecule has 0 spiro atoms. The lowest BCUT2D eigenvalue weighted by atomic mass is 10.1. The van der Waals surface area contributed by atoms with E-state index in [1.165, 1.54) is 0 Å². The molecule has 8 nitrogen and oxygen atoms in total. The summed E-state index contributed by atoms with van der Waals surface area (Å²) in [5.74, 6) is 1.03. The molecule has 0 fully saturated rings. The molecule has 32 heavy (non-hydrogen) atoms. The number of aromatic nitrogens is 6. The van der Waals surface area contributed by atoms with Gasteiger partial charge in [-0.1, -0.05) is 0 Å². The van der Waals surface area contributed by atoms with Crippen molar-refractivity contribution in [3.8, 4) is 22.9 Å². The van der Waals surface area contributed by atoms with E-state index in [2.05, 4.69) is 10.1 Å². The Kier molecular flexibility index (Phi) is 3.91. The third-order valence-corrected chi connectivity index (χ3v) is 5.60. The van der Waals surface area contributed by atoms with Crippen LogP contribution in [0.25, 0.3) is 34.1 Å². The van der Waals surface area contributed by atoms with E-state index in [4.69, 9.17) is 15.7 Å². The molecule has 0 saturated heterocycles. The van der Waals surface area contributed by atoms with Crippen LogP contribution in [-0.4, -0.2) is 41.3 Å². The minimum absolute atomic E-state index is 0.0605. The van der Waals surface area contributed by atoms with Crippen molar-refractivity contribution in [2.75, 3.05) is 5.73 Å². The van der Waals surface area contributed by atoms with Gasteiger partial charge in [0.05, 0.1) is 5.56 Å². The van der Waals surface area contributed by atoms with Gasteiger partial charge in [0.25, 0.3) is 0 Å². The number of halogens is 1. The Hall–Kier alpha value is -4.40. The number of nitrogens with two attached hydrogens (primary N) is 1. The number of Topliss-reactive ketones (excluding diaryl/α,β-unsaturated/α-hetero) is 1. The highest BCUT2D eigenvalue weighted by molar-refractivity contribution is 6.04. The Morgan fingerprint density at radius 3 is 2.75 bits per heavy atom. The molecule has 1 aliphatic rings. The van der Waals surface area contributed by atoms with Gasteiger partial charge in [-0.2, -0.15) is 5.10 Å². The van der Waals surface area contributed by atoms with E-state index in [0.717, 1.165) is 0 Å². The van der Waals surface area contributed by atoms with Gasteiger partial charge in [0.1, 0.15) is 11.3 Å². The lowest BCUT2D eigenvalue weighted by Crippen LogP contribution is -2.08. The van der Waals surface area contributed by atoms with E-state index >= 15 is 0 Å². The number of pyridine rings is 2. The number of fused-ring (bicyclic) bond motifs is 2. The van der Waals surface area contributed by atoms with Gasteiger partial charge in [0.2, 0.25) is 0 Å². The lowest BCUT2D eigenvalue weighted by Gasteiger charge is -2.12. The first-order valence-corrected chi connectivity index (χ1v) is 10.0. The van der Waals surface area contributed by atoms with Crippen LogP contribution in [0.5, 0.6) is 0 Å². The molecule has 0 bridgehead atoms. The molecule has 1 aliphatic carbocycles. The van der Waals surface area contributed by atoms with Gasteiger partial charge in [0.15, 0.2) is 29.2 Å². The molecule has 0 radical (unpaired) electrons. The van der Waals surface area contributed by atoms with E-state index in [1.807, 2.05) is 34.9 Å². The van der Waals surface area contributed by atoms with Crippen LogP contribution < -0.4 is 5.73 Å². The summed E-state index contributed by atoms with van der Waals surface area (Å²) in [5, 5.41) is 4.25. The first kappa shape index (κ1) is 18.4. The Morgan fingerprint density at radius 2 is 1.94 bits per heavy atom. The second kappa shape index (κ2) is 6.81. The Labute approximate surface area is 181 Å². The fourth-order valence-electron chi connectivity index (χ4n) is 4.09. The van der Waals surface area contributed by atoms with Crippen LogP contribution >= 0.6 is 0 Å². The first-order valence-electron chi connectivity index (χ1n) is 10.0. The predicted molar refractivity (Wildman–Crippen MR) is 117 cm³/mol. The zero-order valence-corrected chi connectivity index (χ0v) is 16.7. The topological polar surface area (TPSA) is 105 Å². The molecule has 6 rings (SSSR count). The Morgan fingerprint density at radius 1 is 1.03 bits per heavy atom. The number of imidazole rings is 1. The van der Waals surface area contributed by atoms with Crippen molar-refractivity contribution >= 4 is 22.8 Å². The van der Waals surface area contributed by atoms with E-state index < -0.39 is 12.0 Å². The molecular formula is C23H16FN7O. The number of anilines is 1. The molecule has 1 atom stereocenters. The van der Waals surface area contributed by atoms with Gasteiger partial charge in [0, 0.05) is 36.3 Å². The fraction of sp³-hybridized carbons (Fsp3) is 0.0870. The number of alkyl halides is 1. The maximum atomic E-state index is 14.0. The average molecular weight is 425 g/mol. The minimum atomic E-state index is -1.50. The highest BCUT2D eigenvalue weighted by Gasteiger charge is 2.31. The monoisotopic (exact) mass is 425 g/mol. The Balaban J connectivity index is 1.63. The van der Waals surface area contributed by atoms with Gasteiger partial charge >= 0.3 is 0 Å². The minimum Gasteiger partial charge on any atom is -0.383 e. The SMILES string of the molecule is Nc1ncccc1-c1nc2ccc(-n3cccn3)nc2n1-c1ccc2c(c1)CC(F)C2=O. The maximum absolute atomic E-state index is 14.0. The summed E-state index contributed by atoms with van der Waals surface area (Å²) in [4.78, 5) is 25.8. The number of nitrogens with zero attached hydrogens (tertiary/aromatic N) is 6. The van der Waals surface area contributed by atoms with Crippen molar-refractivity contribution in [2.45, 2.75) is 12.6 Å². The van der Waals surface area contributed by atoms with E-state index in [9.17, 15) is 9.18 Å². The number of hydrogen-bond donors (Lipinski definition) is 1. The van der Waals surface area contributed by atoms with Crippen LogP contribution in [0, 0.1) is 0 Å². The number of carbonyl (C=O) groups is 1. The van der Waals surface area contributed by atoms with Gasteiger partial charge in [-0.3, -0.25) is 9.36 Å². The normalized spacial score (nSPS) is 15.4. The molecule has 0 amide bonds. The van der Waals surface area contributed by atoms with Crippen molar-refractivity contribution in [1.29, 1.82) is 0 Å². The van der Waals surface area contributed by atoms with Gasteiger partial charge in [-0.15, -0.1) is 0 Å². The molecule has 4 heterocycles. The van der Waals surface area contributed by atoms with Crippen LogP contribution in [0.15, 0.2) is 67.1 Å². The highest BCUT2D eigenvalue weighted by atomic mass is 19.1. The predicted octanol–water partition coefficient (Wildman–Crippen LogP) is 3.33. The van der Waals surface area contributed by atoms with Crippen molar-refractivity contribution < 1.29 is 9.18 Å². The number of nitrogen functional groups attached to an aromatic ring is 1. The van der Waals surface area contributed by atoms with Crippen LogP contribution in [-0.2, 0) is 6.42 Å². The van der Waals surface area contributed by atoms with Crippen LogP contribution in [0.4, 0.5) is 10.2 Å². The number of carbonyl (C=O) groups excluding carboxylic acids is 1. The summed E-state index contributed by atoms with van der Waals surface area (Å²) in [6.07, 6.45) is 3.65. The van der Waals surface area contributed by atoms with Gasteiger partial charge in [-0.05, 0) is 54.1 Å². The van der Waals surface area contributed by atoms with Crippen molar-refractivity contribution in [1.82, 2.24) is 29.3 Å². The molecular weight excluding hydrogens is 409 g/mol. The molecule has 0 aliphatic heterocycles. The number of hydrogen-bond acceptors (Lipinski definition) is 6. The largest absolute Gasteiger partial charge is 0.383 e. The Bertz CT molecular complexity index is 1510. The first-order chi connectivity index (χ1) is 15.6. The number of ketones is 1.